The Morgan fingerprint density at radius 3 is 2.82 bits per heavy atom. The number of methoxy groups -OCH3 is 1. The summed E-state index contributed by atoms with van der Waals surface area (Å²) in [5.74, 6) is 2.13. The lowest BCUT2D eigenvalue weighted by atomic mass is 10.2. The van der Waals surface area contributed by atoms with Crippen LogP contribution in [-0.4, -0.2) is 18.6 Å². The molecule has 0 fully saturated rings. The van der Waals surface area contributed by atoms with Gasteiger partial charge in [-0.05, 0) is 30.3 Å². The standard InChI is InChI=1S/C16H13NO5/c1-19-13-5-4-11(9-18)7-15(13)21-10-12-8-16(22-17-12)14-3-2-6-20-14/h2-9H,10H2,1H3. The van der Waals surface area contributed by atoms with Gasteiger partial charge in [0.25, 0.3) is 0 Å². The van der Waals surface area contributed by atoms with Crippen LogP contribution in [0, 0.1) is 0 Å². The molecule has 2 aromatic heterocycles. The topological polar surface area (TPSA) is 74.7 Å². The van der Waals surface area contributed by atoms with Crippen molar-refractivity contribution >= 4 is 6.29 Å². The normalized spacial score (nSPS) is 10.4. The number of carbonyl (C=O) groups excluding carboxylic acids is 1. The van der Waals surface area contributed by atoms with Crippen LogP contribution in [0.25, 0.3) is 11.5 Å². The number of hydrogen-bond donors (Lipinski definition) is 0. The van der Waals surface area contributed by atoms with E-state index in [4.69, 9.17) is 18.4 Å². The van der Waals surface area contributed by atoms with Gasteiger partial charge in [-0.25, -0.2) is 0 Å². The number of carbonyl (C=O) groups is 1. The van der Waals surface area contributed by atoms with Crippen LogP contribution in [0.2, 0.25) is 0 Å². The third-order valence-electron chi connectivity index (χ3n) is 3.02. The molecule has 0 amide bonds. The van der Waals surface area contributed by atoms with Gasteiger partial charge in [0.15, 0.2) is 17.3 Å². The highest BCUT2D eigenvalue weighted by Gasteiger charge is 2.11. The van der Waals surface area contributed by atoms with Crippen molar-refractivity contribution in [3.05, 3.63) is 53.9 Å². The van der Waals surface area contributed by atoms with Crippen LogP contribution in [0.15, 0.2) is 51.6 Å². The molecule has 6 heteroatoms. The average Bonchev–Trinajstić information content (AvgIpc) is 3.23. The largest absolute Gasteiger partial charge is 0.493 e. The number of aromatic nitrogens is 1. The van der Waals surface area contributed by atoms with Crippen molar-refractivity contribution in [2.24, 2.45) is 0 Å². The zero-order valence-corrected chi connectivity index (χ0v) is 11.8. The van der Waals surface area contributed by atoms with E-state index in [-0.39, 0.29) is 6.61 Å². The molecule has 0 aliphatic heterocycles. The molecule has 22 heavy (non-hydrogen) atoms. The summed E-state index contributed by atoms with van der Waals surface area (Å²) in [7, 11) is 1.54. The lowest BCUT2D eigenvalue weighted by Crippen LogP contribution is -1.98. The molecule has 0 atom stereocenters. The summed E-state index contributed by atoms with van der Waals surface area (Å²) in [6.45, 7) is 0.183. The first kappa shape index (κ1) is 13.9. The van der Waals surface area contributed by atoms with Crippen LogP contribution in [-0.2, 0) is 6.61 Å². The monoisotopic (exact) mass is 299 g/mol. The van der Waals surface area contributed by atoms with Crippen molar-refractivity contribution in [2.75, 3.05) is 7.11 Å². The minimum atomic E-state index is 0.183. The number of hydrogen-bond acceptors (Lipinski definition) is 6. The van der Waals surface area contributed by atoms with Crippen LogP contribution < -0.4 is 9.47 Å². The molecule has 0 aliphatic rings. The molecular formula is C16H13NO5. The van der Waals surface area contributed by atoms with Crippen LogP contribution in [0.3, 0.4) is 0 Å². The highest BCUT2D eigenvalue weighted by molar-refractivity contribution is 5.76. The number of furan rings is 1. The summed E-state index contributed by atoms with van der Waals surface area (Å²) in [5, 5.41) is 3.91. The number of nitrogens with zero attached hydrogens (tertiary/aromatic N) is 1. The van der Waals surface area contributed by atoms with E-state index in [0.717, 1.165) is 6.29 Å². The van der Waals surface area contributed by atoms with E-state index in [2.05, 4.69) is 5.16 Å². The molecule has 0 N–H and O–H groups in total. The van der Waals surface area contributed by atoms with Crippen molar-refractivity contribution < 1.29 is 23.2 Å². The van der Waals surface area contributed by atoms with E-state index in [0.29, 0.717) is 34.3 Å². The fraction of sp³-hybridized carbons (Fsp3) is 0.125. The zero-order valence-electron chi connectivity index (χ0n) is 11.8. The van der Waals surface area contributed by atoms with E-state index in [1.165, 1.54) is 7.11 Å². The van der Waals surface area contributed by atoms with Gasteiger partial charge in [-0.3, -0.25) is 4.79 Å². The maximum Gasteiger partial charge on any atom is 0.202 e. The molecule has 0 unspecified atom stereocenters. The Hall–Kier alpha value is -3.02. The summed E-state index contributed by atoms with van der Waals surface area (Å²) in [6.07, 6.45) is 2.31. The van der Waals surface area contributed by atoms with Gasteiger partial charge in [0.05, 0.1) is 13.4 Å². The SMILES string of the molecule is COc1ccc(C=O)cc1OCc1cc(-c2ccco2)on1. The van der Waals surface area contributed by atoms with Gasteiger partial charge >= 0.3 is 0 Å². The number of rotatable bonds is 6. The van der Waals surface area contributed by atoms with Gasteiger partial charge in [0, 0.05) is 11.6 Å². The predicted octanol–water partition coefficient (Wildman–Crippen LogP) is 3.33. The highest BCUT2D eigenvalue weighted by atomic mass is 16.5. The van der Waals surface area contributed by atoms with Crippen molar-refractivity contribution in [1.29, 1.82) is 0 Å². The zero-order chi connectivity index (χ0) is 15.4. The number of benzene rings is 1. The van der Waals surface area contributed by atoms with Crippen LogP contribution in [0.5, 0.6) is 11.5 Å². The van der Waals surface area contributed by atoms with E-state index < -0.39 is 0 Å². The summed E-state index contributed by atoms with van der Waals surface area (Å²) >= 11 is 0. The first-order chi connectivity index (χ1) is 10.8. The molecule has 0 radical (unpaired) electrons. The lowest BCUT2D eigenvalue weighted by Gasteiger charge is -2.09. The quantitative estimate of drug-likeness (QED) is 0.650. The molecule has 0 bridgehead atoms. The molecule has 6 nitrogen and oxygen atoms in total. The van der Waals surface area contributed by atoms with Crippen LogP contribution >= 0.6 is 0 Å². The molecule has 3 aromatic rings. The maximum absolute atomic E-state index is 10.8. The van der Waals surface area contributed by atoms with Crippen LogP contribution in [0.4, 0.5) is 0 Å². The summed E-state index contributed by atoms with van der Waals surface area (Å²) in [6, 6.07) is 10.2. The predicted molar refractivity (Wildman–Crippen MR) is 76.9 cm³/mol. The Kier molecular flexibility index (Phi) is 3.91. The average molecular weight is 299 g/mol. The Bertz CT molecular complexity index is 761. The summed E-state index contributed by atoms with van der Waals surface area (Å²) in [5.41, 5.74) is 1.11. The Balaban J connectivity index is 1.74. The number of aldehydes is 1. The third-order valence-corrected chi connectivity index (χ3v) is 3.02. The Labute approximate surface area is 126 Å². The fourth-order valence-corrected chi connectivity index (χ4v) is 1.95. The molecular weight excluding hydrogens is 286 g/mol. The molecule has 1 aromatic carbocycles. The molecule has 112 valence electrons. The van der Waals surface area contributed by atoms with Gasteiger partial charge in [0.1, 0.15) is 18.6 Å². The van der Waals surface area contributed by atoms with Crippen molar-refractivity contribution in [3.8, 4) is 23.0 Å². The van der Waals surface area contributed by atoms with Crippen molar-refractivity contribution in [2.45, 2.75) is 6.61 Å². The first-order valence-electron chi connectivity index (χ1n) is 6.55. The minimum Gasteiger partial charge on any atom is -0.493 e. The fourth-order valence-electron chi connectivity index (χ4n) is 1.95. The van der Waals surface area contributed by atoms with Gasteiger partial charge in [0.2, 0.25) is 5.76 Å². The minimum absolute atomic E-state index is 0.183. The van der Waals surface area contributed by atoms with Gasteiger partial charge in [-0.15, -0.1) is 0 Å². The number of ether oxygens (including phenoxy) is 2. The van der Waals surface area contributed by atoms with Crippen molar-refractivity contribution in [3.63, 3.8) is 0 Å². The Morgan fingerprint density at radius 1 is 1.18 bits per heavy atom. The third kappa shape index (κ3) is 2.85. The van der Waals surface area contributed by atoms with E-state index in [1.54, 1.807) is 42.7 Å². The first-order valence-corrected chi connectivity index (χ1v) is 6.55. The van der Waals surface area contributed by atoms with Crippen molar-refractivity contribution in [1.82, 2.24) is 5.16 Å². The molecule has 0 aliphatic carbocycles. The smallest absolute Gasteiger partial charge is 0.202 e. The molecule has 0 saturated heterocycles. The summed E-state index contributed by atoms with van der Waals surface area (Å²) in [4.78, 5) is 10.8. The Morgan fingerprint density at radius 2 is 2.09 bits per heavy atom. The maximum atomic E-state index is 10.8. The second-order valence-corrected chi connectivity index (χ2v) is 4.48. The second-order valence-electron chi connectivity index (χ2n) is 4.48. The summed E-state index contributed by atoms with van der Waals surface area (Å²) < 4.78 is 21.3. The molecule has 3 rings (SSSR count). The van der Waals surface area contributed by atoms with Gasteiger partial charge in [-0.1, -0.05) is 5.16 Å². The van der Waals surface area contributed by atoms with E-state index in [9.17, 15) is 4.79 Å². The molecule has 0 saturated carbocycles. The van der Waals surface area contributed by atoms with Crippen LogP contribution in [0.1, 0.15) is 16.1 Å². The molecule has 2 heterocycles. The van der Waals surface area contributed by atoms with E-state index >= 15 is 0 Å². The van der Waals surface area contributed by atoms with E-state index in [1.807, 2.05) is 0 Å². The highest BCUT2D eigenvalue weighted by Crippen LogP contribution is 2.29. The van der Waals surface area contributed by atoms with Gasteiger partial charge < -0.3 is 18.4 Å². The lowest BCUT2D eigenvalue weighted by molar-refractivity contribution is 0.112. The molecule has 0 spiro atoms. The second kappa shape index (κ2) is 6.17. The van der Waals surface area contributed by atoms with Gasteiger partial charge in [-0.2, -0.15) is 0 Å².